The lowest BCUT2D eigenvalue weighted by atomic mass is 9.90. The summed E-state index contributed by atoms with van der Waals surface area (Å²) in [6, 6.07) is 2.71. The number of carbonyl (C=O) groups excluding carboxylic acids is 1. The number of benzene rings is 1. The van der Waals surface area contributed by atoms with Crippen molar-refractivity contribution in [2.45, 2.75) is 70.0 Å². The molecule has 2 unspecified atom stereocenters. The maximum atomic E-state index is 13.4. The highest BCUT2D eigenvalue weighted by Gasteiger charge is 2.48. The molecular formula is C21H29F2NO5. The maximum Gasteiger partial charge on any atom is 0.410 e. The number of hydrogen-bond donors (Lipinski definition) is 1. The number of nitrogens with zero attached hydrogens (tertiary/aromatic N) is 1. The molecule has 1 amide bonds. The molecule has 0 radical (unpaired) electrons. The van der Waals surface area contributed by atoms with Crippen molar-refractivity contribution in [1.29, 1.82) is 0 Å². The Bertz CT molecular complexity index is 710. The topological polar surface area (TPSA) is 68.2 Å². The number of hydrogen-bond acceptors (Lipinski definition) is 5. The van der Waals surface area contributed by atoms with Gasteiger partial charge in [-0.1, -0.05) is 0 Å². The van der Waals surface area contributed by atoms with Crippen molar-refractivity contribution in [3.8, 4) is 0 Å². The molecule has 3 rings (SSSR count). The molecule has 2 heterocycles. The van der Waals surface area contributed by atoms with Crippen LogP contribution in [0.15, 0.2) is 18.2 Å². The van der Waals surface area contributed by atoms with E-state index in [0.717, 1.165) is 6.07 Å². The fraction of sp³-hybridized carbons (Fsp3) is 0.667. The Kier molecular flexibility index (Phi) is 6.45. The molecule has 29 heavy (non-hydrogen) atoms. The number of aliphatic hydroxyl groups excluding tert-OH is 1. The molecule has 2 atom stereocenters. The summed E-state index contributed by atoms with van der Waals surface area (Å²) in [6.45, 7) is 6.61. The summed E-state index contributed by atoms with van der Waals surface area (Å²) in [4.78, 5) is 14.2. The summed E-state index contributed by atoms with van der Waals surface area (Å²) < 4.78 is 43.9. The van der Waals surface area contributed by atoms with Gasteiger partial charge in [0.05, 0.1) is 25.4 Å². The van der Waals surface area contributed by atoms with Gasteiger partial charge >= 0.3 is 6.09 Å². The van der Waals surface area contributed by atoms with Crippen molar-refractivity contribution in [3.63, 3.8) is 0 Å². The first-order valence-electron chi connectivity index (χ1n) is 9.97. The van der Waals surface area contributed by atoms with Gasteiger partial charge < -0.3 is 24.2 Å². The molecule has 0 bridgehead atoms. The van der Waals surface area contributed by atoms with Gasteiger partial charge in [-0.2, -0.15) is 0 Å². The highest BCUT2D eigenvalue weighted by molar-refractivity contribution is 5.69. The Hall–Kier alpha value is -1.77. The largest absolute Gasteiger partial charge is 0.444 e. The SMILES string of the molecule is CC(C)(C)OC(=O)N1CCC2(CC1C(O)CCc1cc(F)cc(F)c1)OCCO2. The van der Waals surface area contributed by atoms with Crippen LogP contribution in [0, 0.1) is 11.6 Å². The van der Waals surface area contributed by atoms with E-state index in [1.165, 1.54) is 17.0 Å². The van der Waals surface area contributed by atoms with Crippen LogP contribution in [0.25, 0.3) is 0 Å². The summed E-state index contributed by atoms with van der Waals surface area (Å²) in [7, 11) is 0. The van der Waals surface area contributed by atoms with Gasteiger partial charge in [0.2, 0.25) is 0 Å². The van der Waals surface area contributed by atoms with E-state index in [0.29, 0.717) is 38.2 Å². The number of rotatable bonds is 4. The molecule has 0 aromatic heterocycles. The first kappa shape index (κ1) is 21.9. The Labute approximate surface area is 169 Å². The number of ether oxygens (including phenoxy) is 3. The second-order valence-electron chi connectivity index (χ2n) is 8.69. The van der Waals surface area contributed by atoms with Gasteiger partial charge in [-0.3, -0.25) is 0 Å². The zero-order valence-corrected chi connectivity index (χ0v) is 17.1. The highest BCUT2D eigenvalue weighted by Crippen LogP contribution is 2.37. The molecule has 0 aliphatic carbocycles. The monoisotopic (exact) mass is 413 g/mol. The summed E-state index contributed by atoms with van der Waals surface area (Å²) >= 11 is 0. The Morgan fingerprint density at radius 3 is 2.48 bits per heavy atom. The molecule has 1 aromatic rings. The van der Waals surface area contributed by atoms with E-state index < -0.39 is 41.3 Å². The van der Waals surface area contributed by atoms with Crippen molar-refractivity contribution in [2.75, 3.05) is 19.8 Å². The molecule has 162 valence electrons. The lowest BCUT2D eigenvalue weighted by Gasteiger charge is -2.45. The second kappa shape index (κ2) is 8.53. The summed E-state index contributed by atoms with van der Waals surface area (Å²) in [5, 5.41) is 10.9. The van der Waals surface area contributed by atoms with Crippen molar-refractivity contribution in [3.05, 3.63) is 35.4 Å². The second-order valence-corrected chi connectivity index (χ2v) is 8.69. The smallest absolute Gasteiger partial charge is 0.410 e. The first-order valence-corrected chi connectivity index (χ1v) is 9.97. The van der Waals surface area contributed by atoms with Crippen LogP contribution in [0.4, 0.5) is 13.6 Å². The van der Waals surface area contributed by atoms with Crippen LogP contribution in [0.5, 0.6) is 0 Å². The molecule has 6 nitrogen and oxygen atoms in total. The zero-order chi connectivity index (χ0) is 21.2. The number of piperidine rings is 1. The van der Waals surface area contributed by atoms with Crippen molar-refractivity contribution in [2.24, 2.45) is 0 Å². The molecule has 1 aromatic carbocycles. The van der Waals surface area contributed by atoms with Gasteiger partial charge in [-0.25, -0.2) is 13.6 Å². The van der Waals surface area contributed by atoms with Crippen LogP contribution in [0.3, 0.4) is 0 Å². The van der Waals surface area contributed by atoms with E-state index in [2.05, 4.69) is 0 Å². The summed E-state index contributed by atoms with van der Waals surface area (Å²) in [5.41, 5.74) is -0.217. The normalized spacial score (nSPS) is 22.7. The number of aliphatic hydroxyl groups is 1. The number of likely N-dealkylation sites (tertiary alicyclic amines) is 1. The van der Waals surface area contributed by atoms with E-state index in [1.807, 2.05) is 0 Å². The summed E-state index contributed by atoms with van der Waals surface area (Å²) in [6.07, 6.45) is -0.146. The molecule has 1 spiro atoms. The average molecular weight is 413 g/mol. The van der Waals surface area contributed by atoms with E-state index in [4.69, 9.17) is 14.2 Å². The predicted molar refractivity (Wildman–Crippen MR) is 101 cm³/mol. The van der Waals surface area contributed by atoms with Crippen LogP contribution in [-0.2, 0) is 20.6 Å². The predicted octanol–water partition coefficient (Wildman–Crippen LogP) is 3.40. The molecular weight excluding hydrogens is 384 g/mol. The first-order chi connectivity index (χ1) is 13.6. The van der Waals surface area contributed by atoms with Crippen LogP contribution < -0.4 is 0 Å². The van der Waals surface area contributed by atoms with Crippen LogP contribution in [-0.4, -0.2) is 59.4 Å². The van der Waals surface area contributed by atoms with Gasteiger partial charge in [-0.15, -0.1) is 0 Å². The van der Waals surface area contributed by atoms with Crippen LogP contribution in [0.2, 0.25) is 0 Å². The highest BCUT2D eigenvalue weighted by atomic mass is 19.1. The van der Waals surface area contributed by atoms with Crippen LogP contribution in [0.1, 0.15) is 45.6 Å². The number of aryl methyl sites for hydroxylation is 1. The minimum absolute atomic E-state index is 0.225. The average Bonchev–Trinajstić information content (AvgIpc) is 3.05. The number of halogens is 2. The third-order valence-corrected chi connectivity index (χ3v) is 5.19. The standard InChI is InChI=1S/C21H29F2NO5/c1-20(2,3)29-19(26)24-7-6-21(27-8-9-28-21)13-17(24)18(25)5-4-14-10-15(22)12-16(23)11-14/h10-12,17-18,25H,4-9,13H2,1-3H3. The molecule has 2 fully saturated rings. The Balaban J connectivity index is 1.72. The molecule has 8 heteroatoms. The van der Waals surface area contributed by atoms with Crippen molar-refractivity contribution in [1.82, 2.24) is 4.90 Å². The Morgan fingerprint density at radius 2 is 1.90 bits per heavy atom. The van der Waals surface area contributed by atoms with Crippen molar-refractivity contribution >= 4 is 6.09 Å². The van der Waals surface area contributed by atoms with Gasteiger partial charge in [0, 0.05) is 25.5 Å². The molecule has 2 aliphatic rings. The quantitative estimate of drug-likeness (QED) is 0.820. The fourth-order valence-electron chi connectivity index (χ4n) is 3.90. The van der Waals surface area contributed by atoms with Gasteiger partial charge in [0.1, 0.15) is 17.2 Å². The van der Waals surface area contributed by atoms with E-state index in [9.17, 15) is 18.7 Å². The lowest BCUT2D eigenvalue weighted by Crippen LogP contribution is -2.58. The lowest BCUT2D eigenvalue weighted by molar-refractivity contribution is -0.202. The van der Waals surface area contributed by atoms with Gasteiger partial charge in [0.25, 0.3) is 0 Å². The van der Waals surface area contributed by atoms with Crippen molar-refractivity contribution < 1.29 is 32.9 Å². The third kappa shape index (κ3) is 5.65. The third-order valence-electron chi connectivity index (χ3n) is 5.19. The number of amides is 1. The van der Waals surface area contributed by atoms with E-state index >= 15 is 0 Å². The summed E-state index contributed by atoms with van der Waals surface area (Å²) in [5.74, 6) is -2.13. The zero-order valence-electron chi connectivity index (χ0n) is 17.1. The van der Waals surface area contributed by atoms with Crippen LogP contribution >= 0.6 is 0 Å². The Morgan fingerprint density at radius 1 is 1.28 bits per heavy atom. The van der Waals surface area contributed by atoms with E-state index in [1.54, 1.807) is 20.8 Å². The minimum Gasteiger partial charge on any atom is -0.444 e. The van der Waals surface area contributed by atoms with E-state index in [-0.39, 0.29) is 12.8 Å². The molecule has 1 N–H and O–H groups in total. The minimum atomic E-state index is -0.932. The van der Waals surface area contributed by atoms with Gasteiger partial charge in [0.15, 0.2) is 5.79 Å². The molecule has 2 saturated heterocycles. The molecule has 0 saturated carbocycles. The molecule has 2 aliphatic heterocycles. The maximum absolute atomic E-state index is 13.4. The fourth-order valence-corrected chi connectivity index (χ4v) is 3.90. The van der Waals surface area contributed by atoms with Gasteiger partial charge in [-0.05, 0) is 51.3 Å². The number of carbonyl (C=O) groups is 1.